The number of aromatic nitrogens is 1. The van der Waals surface area contributed by atoms with Crippen molar-refractivity contribution in [2.45, 2.75) is 6.42 Å². The van der Waals surface area contributed by atoms with E-state index in [9.17, 15) is 13.2 Å². The van der Waals surface area contributed by atoms with E-state index in [4.69, 9.17) is 0 Å². The number of carbonyl (C=O) groups excluding carboxylic acids is 1. The number of H-pyrrole nitrogens is 1. The Labute approximate surface area is 139 Å². The Morgan fingerprint density at radius 3 is 2.42 bits per heavy atom. The zero-order valence-electron chi connectivity index (χ0n) is 13.0. The molecule has 1 aromatic heterocycles. The summed E-state index contributed by atoms with van der Waals surface area (Å²) in [5, 5.41) is 3.83. The van der Waals surface area contributed by atoms with Crippen LogP contribution in [0.1, 0.15) is 5.56 Å². The second-order valence-corrected chi connectivity index (χ2v) is 7.28. The van der Waals surface area contributed by atoms with Crippen LogP contribution in [0.5, 0.6) is 0 Å². The predicted octanol–water partition coefficient (Wildman–Crippen LogP) is 2.72. The van der Waals surface area contributed by atoms with Gasteiger partial charge in [0.1, 0.15) is 0 Å². The maximum Gasteiger partial charge on any atom is 0.229 e. The highest BCUT2D eigenvalue weighted by Gasteiger charge is 2.09. The van der Waals surface area contributed by atoms with Gasteiger partial charge in [-0.3, -0.25) is 9.52 Å². The van der Waals surface area contributed by atoms with E-state index >= 15 is 0 Å². The molecule has 2 aromatic carbocycles. The first-order chi connectivity index (χ1) is 11.4. The predicted molar refractivity (Wildman–Crippen MR) is 95.5 cm³/mol. The van der Waals surface area contributed by atoms with Crippen molar-refractivity contribution in [2.24, 2.45) is 0 Å². The molecule has 3 rings (SSSR count). The summed E-state index contributed by atoms with van der Waals surface area (Å²) in [6, 6.07) is 14.3. The van der Waals surface area contributed by atoms with Crippen LogP contribution < -0.4 is 10.0 Å². The third-order valence-corrected chi connectivity index (χ3v) is 4.10. The summed E-state index contributed by atoms with van der Waals surface area (Å²) in [6.45, 7) is 0. The number of sulfonamides is 1. The Morgan fingerprint density at radius 2 is 1.71 bits per heavy atom. The normalized spacial score (nSPS) is 11.4. The lowest BCUT2D eigenvalue weighted by molar-refractivity contribution is -0.115. The van der Waals surface area contributed by atoms with Gasteiger partial charge >= 0.3 is 0 Å². The number of hydrogen-bond donors (Lipinski definition) is 3. The maximum atomic E-state index is 12.2. The van der Waals surface area contributed by atoms with Gasteiger partial charge in [-0.15, -0.1) is 0 Å². The first kappa shape index (κ1) is 16.1. The summed E-state index contributed by atoms with van der Waals surface area (Å²) in [6.07, 6.45) is 3.18. The van der Waals surface area contributed by atoms with E-state index in [1.807, 2.05) is 30.5 Å². The number of nitrogens with one attached hydrogen (secondary N) is 3. The fourth-order valence-electron chi connectivity index (χ4n) is 2.49. The molecule has 0 bridgehead atoms. The molecule has 124 valence electrons. The number of benzene rings is 2. The van der Waals surface area contributed by atoms with Gasteiger partial charge in [-0.05, 0) is 35.9 Å². The summed E-state index contributed by atoms with van der Waals surface area (Å²) in [5.74, 6) is -0.136. The van der Waals surface area contributed by atoms with Gasteiger partial charge in [0, 0.05) is 28.5 Å². The lowest BCUT2D eigenvalue weighted by Gasteiger charge is -2.07. The summed E-state index contributed by atoms with van der Waals surface area (Å²) in [4.78, 5) is 15.3. The number of para-hydroxylation sites is 1. The van der Waals surface area contributed by atoms with Crippen molar-refractivity contribution in [3.05, 3.63) is 60.3 Å². The van der Waals surface area contributed by atoms with Gasteiger partial charge in [0.25, 0.3) is 0 Å². The zero-order chi connectivity index (χ0) is 17.2. The molecule has 0 radical (unpaired) electrons. The van der Waals surface area contributed by atoms with Gasteiger partial charge in [-0.25, -0.2) is 8.42 Å². The molecule has 0 fully saturated rings. The number of fused-ring (bicyclic) bond motifs is 1. The number of rotatable bonds is 5. The highest BCUT2D eigenvalue weighted by molar-refractivity contribution is 7.92. The van der Waals surface area contributed by atoms with Crippen LogP contribution in [-0.2, 0) is 21.2 Å². The number of amides is 1. The molecule has 3 N–H and O–H groups in total. The molecule has 0 saturated carbocycles. The van der Waals surface area contributed by atoms with Crippen LogP contribution in [0.25, 0.3) is 10.9 Å². The van der Waals surface area contributed by atoms with Gasteiger partial charge in [-0.2, -0.15) is 0 Å². The van der Waals surface area contributed by atoms with Crippen LogP contribution in [0.3, 0.4) is 0 Å². The highest BCUT2D eigenvalue weighted by atomic mass is 32.2. The second-order valence-electron chi connectivity index (χ2n) is 5.54. The van der Waals surface area contributed by atoms with Gasteiger partial charge in [0.05, 0.1) is 12.7 Å². The molecule has 24 heavy (non-hydrogen) atoms. The minimum absolute atomic E-state index is 0.136. The number of hydrogen-bond acceptors (Lipinski definition) is 3. The average molecular weight is 343 g/mol. The third kappa shape index (κ3) is 3.94. The number of carbonyl (C=O) groups is 1. The highest BCUT2D eigenvalue weighted by Crippen LogP contribution is 2.19. The van der Waals surface area contributed by atoms with Crippen molar-refractivity contribution in [3.8, 4) is 0 Å². The van der Waals surface area contributed by atoms with Crippen LogP contribution in [0.4, 0.5) is 11.4 Å². The Balaban J connectivity index is 1.66. The van der Waals surface area contributed by atoms with Crippen LogP contribution >= 0.6 is 0 Å². The standard InChI is InChI=1S/C17H17N3O3S/c1-24(22,23)20-14-8-6-13(7-9-14)19-17(21)10-12-11-18-16-5-3-2-4-15(12)16/h2-9,11,18,20H,10H2,1H3,(H,19,21). The SMILES string of the molecule is CS(=O)(=O)Nc1ccc(NC(=O)Cc2c[nH]c3ccccc23)cc1. The topological polar surface area (TPSA) is 91.1 Å². The molecule has 1 amide bonds. The molecule has 0 unspecified atom stereocenters. The summed E-state index contributed by atoms with van der Waals surface area (Å²) in [5.41, 5.74) is 2.99. The summed E-state index contributed by atoms with van der Waals surface area (Å²) in [7, 11) is -3.31. The lowest BCUT2D eigenvalue weighted by atomic mass is 10.1. The van der Waals surface area contributed by atoms with Crippen LogP contribution in [0.2, 0.25) is 0 Å². The smallest absolute Gasteiger partial charge is 0.229 e. The van der Waals surface area contributed by atoms with E-state index in [-0.39, 0.29) is 12.3 Å². The van der Waals surface area contributed by atoms with Gasteiger partial charge < -0.3 is 10.3 Å². The van der Waals surface area contributed by atoms with Crippen molar-refractivity contribution in [1.29, 1.82) is 0 Å². The van der Waals surface area contributed by atoms with Crippen molar-refractivity contribution < 1.29 is 13.2 Å². The number of anilines is 2. The molecular formula is C17H17N3O3S. The lowest BCUT2D eigenvalue weighted by Crippen LogP contribution is -2.14. The molecule has 0 saturated heterocycles. The molecule has 6 nitrogen and oxygen atoms in total. The Kier molecular flexibility index (Phi) is 4.26. The Morgan fingerprint density at radius 1 is 1.04 bits per heavy atom. The van der Waals surface area contributed by atoms with E-state index in [2.05, 4.69) is 15.0 Å². The van der Waals surface area contributed by atoms with Crippen LogP contribution in [0.15, 0.2) is 54.7 Å². The first-order valence-electron chi connectivity index (χ1n) is 7.33. The molecule has 0 aliphatic heterocycles. The summed E-state index contributed by atoms with van der Waals surface area (Å²) >= 11 is 0. The number of aromatic amines is 1. The summed E-state index contributed by atoms with van der Waals surface area (Å²) < 4.78 is 24.7. The van der Waals surface area contributed by atoms with Crippen molar-refractivity contribution in [2.75, 3.05) is 16.3 Å². The van der Waals surface area contributed by atoms with Crippen molar-refractivity contribution in [1.82, 2.24) is 4.98 Å². The Hall–Kier alpha value is -2.80. The molecule has 7 heteroatoms. The Bertz CT molecular complexity index is 976. The largest absolute Gasteiger partial charge is 0.361 e. The van der Waals surface area contributed by atoms with E-state index in [1.54, 1.807) is 24.3 Å². The van der Waals surface area contributed by atoms with E-state index < -0.39 is 10.0 Å². The van der Waals surface area contributed by atoms with E-state index in [1.165, 1.54) is 0 Å². The van der Waals surface area contributed by atoms with Crippen LogP contribution in [0, 0.1) is 0 Å². The van der Waals surface area contributed by atoms with E-state index in [0.717, 1.165) is 22.7 Å². The fraction of sp³-hybridized carbons (Fsp3) is 0.118. The van der Waals surface area contributed by atoms with Crippen LogP contribution in [-0.4, -0.2) is 25.6 Å². The molecule has 0 spiro atoms. The minimum Gasteiger partial charge on any atom is -0.361 e. The molecule has 3 aromatic rings. The second kappa shape index (κ2) is 6.37. The monoisotopic (exact) mass is 343 g/mol. The molecule has 1 heterocycles. The minimum atomic E-state index is -3.31. The van der Waals surface area contributed by atoms with Crippen molar-refractivity contribution in [3.63, 3.8) is 0 Å². The fourth-order valence-corrected chi connectivity index (χ4v) is 3.06. The average Bonchev–Trinajstić information content (AvgIpc) is 2.91. The van der Waals surface area contributed by atoms with Gasteiger partial charge in [0.2, 0.25) is 15.9 Å². The van der Waals surface area contributed by atoms with Crippen molar-refractivity contribution >= 4 is 38.2 Å². The van der Waals surface area contributed by atoms with Gasteiger partial charge in [-0.1, -0.05) is 18.2 Å². The molecule has 0 aliphatic rings. The molecule has 0 atom stereocenters. The molecular weight excluding hydrogens is 326 g/mol. The van der Waals surface area contributed by atoms with E-state index in [0.29, 0.717) is 11.4 Å². The van der Waals surface area contributed by atoms with Gasteiger partial charge in [0.15, 0.2) is 0 Å². The third-order valence-electron chi connectivity index (χ3n) is 3.50. The quantitative estimate of drug-likeness (QED) is 0.665. The zero-order valence-corrected chi connectivity index (χ0v) is 13.9. The maximum absolute atomic E-state index is 12.2. The first-order valence-corrected chi connectivity index (χ1v) is 9.22. The molecule has 0 aliphatic carbocycles.